The zero-order valence-electron chi connectivity index (χ0n) is 11.0. The third-order valence-electron chi connectivity index (χ3n) is 2.36. The van der Waals surface area contributed by atoms with Crippen LogP contribution in [0.5, 0.6) is 0 Å². The number of hydrogen-bond donors (Lipinski definition) is 2. The van der Waals surface area contributed by atoms with Gasteiger partial charge in [-0.05, 0) is 40.5 Å². The van der Waals surface area contributed by atoms with Crippen LogP contribution >= 0.6 is 0 Å². The molecule has 0 saturated heterocycles. The second kappa shape index (κ2) is 6.86. The summed E-state index contributed by atoms with van der Waals surface area (Å²) in [5.74, 6) is 0.102. The second-order valence-corrected chi connectivity index (χ2v) is 5.09. The molecule has 0 spiro atoms. The van der Waals surface area contributed by atoms with Gasteiger partial charge in [-0.2, -0.15) is 0 Å². The van der Waals surface area contributed by atoms with Gasteiger partial charge in [-0.25, -0.2) is 0 Å². The lowest BCUT2D eigenvalue weighted by molar-refractivity contribution is -0.134. The molecule has 4 nitrogen and oxygen atoms in total. The average Bonchev–Trinajstić information content (AvgIpc) is 2.11. The van der Waals surface area contributed by atoms with Crippen LogP contribution in [0.25, 0.3) is 0 Å². The molecule has 16 heavy (non-hydrogen) atoms. The topological polar surface area (TPSA) is 66.6 Å². The quantitative estimate of drug-likeness (QED) is 0.689. The van der Waals surface area contributed by atoms with Crippen LogP contribution in [0, 0.1) is 0 Å². The molecule has 1 unspecified atom stereocenters. The first-order valence-corrected chi connectivity index (χ1v) is 6.02. The molecule has 0 heterocycles. The van der Waals surface area contributed by atoms with Crippen molar-refractivity contribution in [2.75, 3.05) is 13.1 Å². The standard InChI is InChI=1S/C12H26N2O2/c1-5-14(9-12(3,4)16)11(15)8-6-7-10(2)13/h10,16H,5-9,13H2,1-4H3. The van der Waals surface area contributed by atoms with Crippen LogP contribution in [-0.4, -0.2) is 40.6 Å². The van der Waals surface area contributed by atoms with Crippen molar-refractivity contribution in [3.05, 3.63) is 0 Å². The highest BCUT2D eigenvalue weighted by Gasteiger charge is 2.20. The number of amides is 1. The molecule has 0 saturated carbocycles. The van der Waals surface area contributed by atoms with Crippen molar-refractivity contribution in [3.8, 4) is 0 Å². The highest BCUT2D eigenvalue weighted by molar-refractivity contribution is 5.76. The summed E-state index contributed by atoms with van der Waals surface area (Å²) in [5.41, 5.74) is 4.80. The Morgan fingerprint density at radius 3 is 2.44 bits per heavy atom. The minimum Gasteiger partial charge on any atom is -0.389 e. The zero-order chi connectivity index (χ0) is 12.8. The number of nitrogens with zero attached hydrogens (tertiary/aromatic N) is 1. The van der Waals surface area contributed by atoms with E-state index in [2.05, 4.69) is 0 Å². The molecule has 96 valence electrons. The van der Waals surface area contributed by atoms with Gasteiger partial charge in [0.05, 0.1) is 5.60 Å². The lowest BCUT2D eigenvalue weighted by Crippen LogP contribution is -2.42. The highest BCUT2D eigenvalue weighted by Crippen LogP contribution is 2.08. The Bertz CT molecular complexity index is 210. The fraction of sp³-hybridized carbons (Fsp3) is 0.917. The first-order chi connectivity index (χ1) is 7.26. The Morgan fingerprint density at radius 1 is 1.50 bits per heavy atom. The maximum atomic E-state index is 11.8. The summed E-state index contributed by atoms with van der Waals surface area (Å²) in [7, 11) is 0. The van der Waals surface area contributed by atoms with Crippen molar-refractivity contribution in [1.29, 1.82) is 0 Å². The van der Waals surface area contributed by atoms with Crippen molar-refractivity contribution in [2.45, 2.75) is 58.6 Å². The SMILES string of the molecule is CCN(CC(C)(C)O)C(=O)CCCC(C)N. The van der Waals surface area contributed by atoms with E-state index in [1.807, 2.05) is 13.8 Å². The molecular weight excluding hydrogens is 204 g/mol. The van der Waals surface area contributed by atoms with Gasteiger partial charge >= 0.3 is 0 Å². The Balaban J connectivity index is 4.02. The molecule has 0 aliphatic rings. The Hall–Kier alpha value is -0.610. The number of nitrogens with two attached hydrogens (primary N) is 1. The van der Waals surface area contributed by atoms with Crippen LogP contribution in [0.3, 0.4) is 0 Å². The van der Waals surface area contributed by atoms with E-state index < -0.39 is 5.60 Å². The molecule has 1 atom stereocenters. The van der Waals surface area contributed by atoms with Crippen LogP contribution in [0.15, 0.2) is 0 Å². The molecule has 0 radical (unpaired) electrons. The van der Waals surface area contributed by atoms with E-state index in [9.17, 15) is 9.90 Å². The second-order valence-electron chi connectivity index (χ2n) is 5.09. The minimum absolute atomic E-state index is 0.102. The fourth-order valence-electron chi connectivity index (χ4n) is 1.58. The summed E-state index contributed by atoms with van der Waals surface area (Å²) in [6.45, 7) is 8.32. The van der Waals surface area contributed by atoms with Crippen LogP contribution in [-0.2, 0) is 4.79 Å². The predicted molar refractivity (Wildman–Crippen MR) is 66.1 cm³/mol. The minimum atomic E-state index is -0.827. The molecule has 4 heteroatoms. The first-order valence-electron chi connectivity index (χ1n) is 6.02. The molecule has 0 fully saturated rings. The van der Waals surface area contributed by atoms with Crippen LogP contribution in [0.4, 0.5) is 0 Å². The maximum Gasteiger partial charge on any atom is 0.222 e. The Kier molecular flexibility index (Phi) is 6.60. The van der Waals surface area contributed by atoms with E-state index in [0.717, 1.165) is 12.8 Å². The van der Waals surface area contributed by atoms with Gasteiger partial charge in [-0.3, -0.25) is 4.79 Å². The number of carbonyl (C=O) groups is 1. The van der Waals surface area contributed by atoms with E-state index in [1.54, 1.807) is 18.7 Å². The lowest BCUT2D eigenvalue weighted by Gasteiger charge is -2.28. The Morgan fingerprint density at radius 2 is 2.06 bits per heavy atom. The summed E-state index contributed by atoms with van der Waals surface area (Å²) in [6, 6.07) is 0.150. The van der Waals surface area contributed by atoms with Gasteiger partial charge in [-0.1, -0.05) is 0 Å². The first kappa shape index (κ1) is 15.4. The third-order valence-corrected chi connectivity index (χ3v) is 2.36. The van der Waals surface area contributed by atoms with Gasteiger partial charge in [0, 0.05) is 25.6 Å². The summed E-state index contributed by atoms with van der Waals surface area (Å²) in [6.07, 6.45) is 2.20. The number of carbonyl (C=O) groups excluding carboxylic acids is 1. The van der Waals surface area contributed by atoms with Crippen molar-refractivity contribution >= 4 is 5.91 Å². The van der Waals surface area contributed by atoms with Crippen molar-refractivity contribution in [1.82, 2.24) is 4.90 Å². The van der Waals surface area contributed by atoms with Crippen molar-refractivity contribution in [2.24, 2.45) is 5.73 Å². The molecular formula is C12H26N2O2. The van der Waals surface area contributed by atoms with Crippen molar-refractivity contribution < 1.29 is 9.90 Å². The maximum absolute atomic E-state index is 11.8. The molecule has 3 N–H and O–H groups in total. The van der Waals surface area contributed by atoms with Crippen LogP contribution < -0.4 is 5.73 Å². The number of likely N-dealkylation sites (N-methyl/N-ethyl adjacent to an activating group) is 1. The fourth-order valence-corrected chi connectivity index (χ4v) is 1.58. The van der Waals surface area contributed by atoms with Gasteiger partial charge in [0.15, 0.2) is 0 Å². The molecule has 0 bridgehead atoms. The molecule has 0 rings (SSSR count). The molecule has 0 aromatic carbocycles. The van der Waals surface area contributed by atoms with E-state index in [-0.39, 0.29) is 11.9 Å². The smallest absolute Gasteiger partial charge is 0.222 e. The Labute approximate surface area is 98.8 Å². The van der Waals surface area contributed by atoms with Gasteiger partial charge < -0.3 is 15.7 Å². The summed E-state index contributed by atoms with van der Waals surface area (Å²) < 4.78 is 0. The normalized spacial score (nSPS) is 13.6. The van der Waals surface area contributed by atoms with Crippen LogP contribution in [0.2, 0.25) is 0 Å². The number of rotatable bonds is 7. The van der Waals surface area contributed by atoms with Gasteiger partial charge in [0.2, 0.25) is 5.91 Å². The third kappa shape index (κ3) is 7.65. The van der Waals surface area contributed by atoms with E-state index >= 15 is 0 Å². The zero-order valence-corrected chi connectivity index (χ0v) is 11.0. The van der Waals surface area contributed by atoms with E-state index in [0.29, 0.717) is 19.5 Å². The van der Waals surface area contributed by atoms with Crippen molar-refractivity contribution in [3.63, 3.8) is 0 Å². The van der Waals surface area contributed by atoms with Gasteiger partial charge in [0.25, 0.3) is 0 Å². The predicted octanol–water partition coefficient (Wildman–Crippen LogP) is 1.12. The molecule has 0 aromatic heterocycles. The highest BCUT2D eigenvalue weighted by atomic mass is 16.3. The lowest BCUT2D eigenvalue weighted by atomic mass is 10.1. The number of aliphatic hydroxyl groups is 1. The molecule has 0 aliphatic heterocycles. The van der Waals surface area contributed by atoms with E-state index in [4.69, 9.17) is 5.73 Å². The van der Waals surface area contributed by atoms with Crippen LogP contribution in [0.1, 0.15) is 47.0 Å². The summed E-state index contributed by atoms with van der Waals surface area (Å²) in [4.78, 5) is 13.5. The molecule has 0 aromatic rings. The average molecular weight is 230 g/mol. The summed E-state index contributed by atoms with van der Waals surface area (Å²) in [5, 5.41) is 9.67. The monoisotopic (exact) mass is 230 g/mol. The summed E-state index contributed by atoms with van der Waals surface area (Å²) >= 11 is 0. The largest absolute Gasteiger partial charge is 0.389 e. The van der Waals surface area contributed by atoms with E-state index in [1.165, 1.54) is 0 Å². The van der Waals surface area contributed by atoms with Gasteiger partial charge in [0.1, 0.15) is 0 Å². The number of hydrogen-bond acceptors (Lipinski definition) is 3. The van der Waals surface area contributed by atoms with Gasteiger partial charge in [-0.15, -0.1) is 0 Å². The molecule has 0 aliphatic carbocycles. The molecule has 1 amide bonds.